The van der Waals surface area contributed by atoms with Crippen molar-refractivity contribution < 1.29 is 0 Å². The fourth-order valence-electron chi connectivity index (χ4n) is 1.63. The first-order valence-corrected chi connectivity index (χ1v) is 6.37. The van der Waals surface area contributed by atoms with Gasteiger partial charge in [-0.1, -0.05) is 0 Å². The van der Waals surface area contributed by atoms with Crippen molar-refractivity contribution >= 4 is 12.2 Å². The van der Waals surface area contributed by atoms with E-state index in [9.17, 15) is 4.79 Å². The minimum Gasteiger partial charge on any atom is -0.330 e. The first kappa shape index (κ1) is 15.0. The van der Waals surface area contributed by atoms with Crippen molar-refractivity contribution in [2.24, 2.45) is 17.2 Å². The Hall–Kier alpha value is -1.09. The predicted octanol–water partition coefficient (Wildman–Crippen LogP) is -1.42. The standard InChI is InChI=1S/C10H20N6OS/c11-3-1-2-8-9(17)15(6-4-12)10(18)16(14-8)7-5-13/h1-7,11-13H2. The number of nitrogens with zero attached hydrogens (tertiary/aromatic N) is 3. The molecule has 0 aliphatic rings. The Bertz CT molecular complexity index is 494. The maximum atomic E-state index is 12.1. The fraction of sp³-hybridized carbons (Fsp3) is 0.700. The number of aryl methyl sites for hydroxylation is 1. The lowest BCUT2D eigenvalue weighted by Crippen LogP contribution is -2.33. The first-order valence-electron chi connectivity index (χ1n) is 5.96. The summed E-state index contributed by atoms with van der Waals surface area (Å²) in [6.07, 6.45) is 1.25. The Morgan fingerprint density at radius 3 is 2.33 bits per heavy atom. The Morgan fingerprint density at radius 1 is 1.11 bits per heavy atom. The van der Waals surface area contributed by atoms with Crippen LogP contribution in [0.2, 0.25) is 0 Å². The van der Waals surface area contributed by atoms with E-state index in [1.807, 2.05) is 0 Å². The van der Waals surface area contributed by atoms with Crippen LogP contribution >= 0.6 is 12.2 Å². The molecule has 6 N–H and O–H groups in total. The van der Waals surface area contributed by atoms with E-state index in [2.05, 4.69) is 5.10 Å². The highest BCUT2D eigenvalue weighted by Crippen LogP contribution is 1.95. The van der Waals surface area contributed by atoms with Crippen LogP contribution in [0.5, 0.6) is 0 Å². The molecule has 1 heterocycles. The molecule has 0 spiro atoms. The molecule has 0 fully saturated rings. The molecule has 102 valence electrons. The number of hydrogen-bond donors (Lipinski definition) is 3. The zero-order chi connectivity index (χ0) is 13.5. The summed E-state index contributed by atoms with van der Waals surface area (Å²) in [5.41, 5.74) is 16.7. The van der Waals surface area contributed by atoms with E-state index in [0.29, 0.717) is 56.0 Å². The zero-order valence-corrected chi connectivity index (χ0v) is 11.2. The largest absolute Gasteiger partial charge is 0.330 e. The SMILES string of the molecule is NCCCc1nn(CCN)c(=S)n(CCN)c1=O. The predicted molar refractivity (Wildman–Crippen MR) is 72.8 cm³/mol. The van der Waals surface area contributed by atoms with Gasteiger partial charge in [0, 0.05) is 19.6 Å². The average Bonchev–Trinajstić information content (AvgIpc) is 2.36. The van der Waals surface area contributed by atoms with Gasteiger partial charge in [0.2, 0.25) is 0 Å². The Kier molecular flexibility index (Phi) is 6.13. The van der Waals surface area contributed by atoms with Gasteiger partial charge in [0.1, 0.15) is 5.69 Å². The fourth-order valence-corrected chi connectivity index (χ4v) is 1.94. The molecule has 0 unspecified atom stereocenters. The minimum atomic E-state index is -0.174. The lowest BCUT2D eigenvalue weighted by Gasteiger charge is -2.12. The van der Waals surface area contributed by atoms with Gasteiger partial charge in [0.25, 0.3) is 5.56 Å². The highest BCUT2D eigenvalue weighted by atomic mass is 32.1. The smallest absolute Gasteiger partial charge is 0.276 e. The zero-order valence-electron chi connectivity index (χ0n) is 10.3. The van der Waals surface area contributed by atoms with Gasteiger partial charge >= 0.3 is 0 Å². The molecule has 8 heteroatoms. The van der Waals surface area contributed by atoms with E-state index < -0.39 is 0 Å². The molecule has 1 rings (SSSR count). The molecular formula is C10H20N6OS. The minimum absolute atomic E-state index is 0.174. The van der Waals surface area contributed by atoms with Crippen LogP contribution in [0.3, 0.4) is 0 Å². The van der Waals surface area contributed by atoms with Gasteiger partial charge in [0.15, 0.2) is 4.77 Å². The van der Waals surface area contributed by atoms with E-state index in [4.69, 9.17) is 29.4 Å². The Labute approximate surface area is 111 Å². The number of rotatable bonds is 7. The van der Waals surface area contributed by atoms with Gasteiger partial charge in [-0.05, 0) is 31.6 Å². The lowest BCUT2D eigenvalue weighted by atomic mass is 10.2. The van der Waals surface area contributed by atoms with E-state index in [0.717, 1.165) is 0 Å². The van der Waals surface area contributed by atoms with Crippen molar-refractivity contribution in [3.63, 3.8) is 0 Å². The second-order valence-corrected chi connectivity index (χ2v) is 4.24. The molecule has 1 aromatic heterocycles. The van der Waals surface area contributed by atoms with Crippen LogP contribution in [0.25, 0.3) is 0 Å². The van der Waals surface area contributed by atoms with Gasteiger partial charge in [-0.15, -0.1) is 0 Å². The molecule has 0 saturated carbocycles. The summed E-state index contributed by atoms with van der Waals surface area (Å²) in [7, 11) is 0. The molecular weight excluding hydrogens is 252 g/mol. The molecule has 0 saturated heterocycles. The third-order valence-electron chi connectivity index (χ3n) is 2.50. The van der Waals surface area contributed by atoms with Crippen molar-refractivity contribution in [1.29, 1.82) is 0 Å². The van der Waals surface area contributed by atoms with E-state index in [1.54, 1.807) is 4.68 Å². The van der Waals surface area contributed by atoms with Crippen molar-refractivity contribution in [3.05, 3.63) is 20.8 Å². The van der Waals surface area contributed by atoms with Gasteiger partial charge in [0.05, 0.1) is 6.54 Å². The van der Waals surface area contributed by atoms with E-state index in [-0.39, 0.29) is 5.56 Å². The summed E-state index contributed by atoms with van der Waals surface area (Å²) in [5.74, 6) is 0. The number of aromatic nitrogens is 3. The quantitative estimate of drug-likeness (QED) is 0.524. The lowest BCUT2D eigenvalue weighted by molar-refractivity contribution is 0.502. The summed E-state index contributed by atoms with van der Waals surface area (Å²) < 4.78 is 3.43. The normalized spacial score (nSPS) is 10.8. The van der Waals surface area contributed by atoms with Crippen molar-refractivity contribution in [2.45, 2.75) is 25.9 Å². The summed E-state index contributed by atoms with van der Waals surface area (Å²) >= 11 is 5.21. The van der Waals surface area contributed by atoms with Crippen LogP contribution in [0, 0.1) is 4.77 Å². The maximum Gasteiger partial charge on any atom is 0.276 e. The van der Waals surface area contributed by atoms with Crippen LogP contribution in [0.4, 0.5) is 0 Å². The molecule has 0 aliphatic heterocycles. The summed E-state index contributed by atoms with van der Waals surface area (Å²) in [5, 5.41) is 4.24. The molecule has 0 aliphatic carbocycles. The highest BCUT2D eigenvalue weighted by molar-refractivity contribution is 7.71. The van der Waals surface area contributed by atoms with E-state index >= 15 is 0 Å². The van der Waals surface area contributed by atoms with Crippen LogP contribution in [-0.4, -0.2) is 34.0 Å². The van der Waals surface area contributed by atoms with Crippen LogP contribution in [0.15, 0.2) is 4.79 Å². The first-order chi connectivity index (χ1) is 8.65. The molecule has 18 heavy (non-hydrogen) atoms. The van der Waals surface area contributed by atoms with Crippen LogP contribution < -0.4 is 22.8 Å². The summed E-state index contributed by atoms with van der Waals surface area (Å²) in [4.78, 5) is 12.1. The molecule has 0 bridgehead atoms. The monoisotopic (exact) mass is 272 g/mol. The summed E-state index contributed by atoms with van der Waals surface area (Å²) in [6.45, 7) is 2.16. The van der Waals surface area contributed by atoms with E-state index in [1.165, 1.54) is 4.57 Å². The molecule has 0 aromatic carbocycles. The topological polar surface area (TPSA) is 118 Å². The number of nitrogens with two attached hydrogens (primary N) is 3. The third kappa shape index (κ3) is 3.45. The molecule has 0 radical (unpaired) electrons. The maximum absolute atomic E-state index is 12.1. The van der Waals surface area contributed by atoms with Gasteiger partial charge in [-0.2, -0.15) is 5.10 Å². The van der Waals surface area contributed by atoms with Crippen molar-refractivity contribution in [2.75, 3.05) is 19.6 Å². The Morgan fingerprint density at radius 2 is 1.78 bits per heavy atom. The molecule has 0 amide bonds. The average molecular weight is 272 g/mol. The third-order valence-corrected chi connectivity index (χ3v) is 2.93. The van der Waals surface area contributed by atoms with Gasteiger partial charge in [-0.3, -0.25) is 9.36 Å². The number of hydrogen-bond acceptors (Lipinski definition) is 6. The van der Waals surface area contributed by atoms with Crippen molar-refractivity contribution in [3.8, 4) is 0 Å². The second-order valence-electron chi connectivity index (χ2n) is 3.88. The molecule has 1 aromatic rings. The molecule has 0 atom stereocenters. The van der Waals surface area contributed by atoms with Gasteiger partial charge < -0.3 is 17.2 Å². The Balaban J connectivity index is 3.26. The molecule has 7 nitrogen and oxygen atoms in total. The summed E-state index contributed by atoms with van der Waals surface area (Å²) in [6, 6.07) is 0. The van der Waals surface area contributed by atoms with Gasteiger partial charge in [-0.25, -0.2) is 4.68 Å². The van der Waals surface area contributed by atoms with Crippen LogP contribution in [0.1, 0.15) is 12.1 Å². The highest BCUT2D eigenvalue weighted by Gasteiger charge is 2.09. The van der Waals surface area contributed by atoms with Crippen LogP contribution in [-0.2, 0) is 19.5 Å². The second kappa shape index (κ2) is 7.37. The van der Waals surface area contributed by atoms with Crippen molar-refractivity contribution in [1.82, 2.24) is 14.3 Å².